The molecule has 164 valence electrons. The number of nitrogens with one attached hydrogen (secondary N) is 1. The van der Waals surface area contributed by atoms with Crippen LogP contribution in [0.25, 0.3) is 45.2 Å². The van der Waals surface area contributed by atoms with E-state index in [-0.39, 0.29) is 11.4 Å². The smallest absolute Gasteiger partial charge is 0.202 e. The number of anilines is 1. The fourth-order valence-electron chi connectivity index (χ4n) is 4.10. The highest BCUT2D eigenvalue weighted by Gasteiger charge is 2.25. The van der Waals surface area contributed by atoms with Gasteiger partial charge in [0, 0.05) is 12.1 Å². The van der Waals surface area contributed by atoms with Crippen LogP contribution in [-0.4, -0.2) is 24.5 Å². The van der Waals surface area contributed by atoms with E-state index in [4.69, 9.17) is 10.7 Å². The summed E-state index contributed by atoms with van der Waals surface area (Å²) >= 11 is 0. The van der Waals surface area contributed by atoms with E-state index < -0.39 is 11.6 Å². The number of fused-ring (bicyclic) bond motifs is 1. The monoisotopic (exact) mass is 442 g/mol. The molecule has 8 heteroatoms. The molecule has 1 fully saturated rings. The molecule has 1 aliphatic carbocycles. The lowest BCUT2D eigenvalue weighted by Crippen LogP contribution is -2.05. The number of nitrogens with two attached hydrogens (primary N) is 1. The minimum absolute atomic E-state index is 0.104. The van der Waals surface area contributed by atoms with Crippen molar-refractivity contribution in [2.75, 3.05) is 5.73 Å². The summed E-state index contributed by atoms with van der Waals surface area (Å²) in [6.45, 7) is 0.777. The van der Waals surface area contributed by atoms with Crippen LogP contribution in [0.5, 0.6) is 0 Å². The quantitative estimate of drug-likeness (QED) is 0.380. The van der Waals surface area contributed by atoms with Crippen molar-refractivity contribution in [3.8, 4) is 34.0 Å². The fraction of sp³-hybridized carbons (Fsp3) is 0.160. The molecular formula is C25H20F2N6. The van der Waals surface area contributed by atoms with Crippen LogP contribution in [0.15, 0.2) is 60.7 Å². The number of imidazole rings is 2. The van der Waals surface area contributed by atoms with Crippen LogP contribution in [0.3, 0.4) is 0 Å². The molecule has 0 bridgehead atoms. The molecule has 6 rings (SSSR count). The second-order valence-corrected chi connectivity index (χ2v) is 8.33. The van der Waals surface area contributed by atoms with Crippen molar-refractivity contribution in [3.05, 3.63) is 72.3 Å². The van der Waals surface area contributed by atoms with E-state index in [1.54, 1.807) is 0 Å². The number of H-pyrrole nitrogens is 1. The molecule has 3 heterocycles. The van der Waals surface area contributed by atoms with Crippen molar-refractivity contribution in [3.63, 3.8) is 0 Å². The molecule has 6 nitrogen and oxygen atoms in total. The standard InChI is InChI=1S/C25H20F2N6/c26-16-7-4-8-17(27)20(16)23-31-21(15-5-2-1-3-6-15)22(32-23)18-11-12-19-24(29-18)33(25(28)30-19)13-14-9-10-14/h1-8,11-12,14H,9-10,13H2,(H2,28,30)(H,31,32). The lowest BCUT2D eigenvalue weighted by atomic mass is 10.1. The summed E-state index contributed by atoms with van der Waals surface area (Å²) in [5, 5.41) is 0. The lowest BCUT2D eigenvalue weighted by Gasteiger charge is -2.06. The van der Waals surface area contributed by atoms with Gasteiger partial charge in [0.05, 0.1) is 22.6 Å². The Morgan fingerprint density at radius 3 is 2.39 bits per heavy atom. The average molecular weight is 442 g/mol. The van der Waals surface area contributed by atoms with E-state index in [9.17, 15) is 8.78 Å². The van der Waals surface area contributed by atoms with Gasteiger partial charge in [-0.3, -0.25) is 4.57 Å². The molecule has 1 aliphatic rings. The highest BCUT2D eigenvalue weighted by Crippen LogP contribution is 2.36. The first-order valence-corrected chi connectivity index (χ1v) is 10.8. The highest BCUT2D eigenvalue weighted by molar-refractivity contribution is 5.83. The van der Waals surface area contributed by atoms with Crippen molar-refractivity contribution in [1.29, 1.82) is 0 Å². The van der Waals surface area contributed by atoms with Gasteiger partial charge in [0.1, 0.15) is 23.0 Å². The third-order valence-corrected chi connectivity index (χ3v) is 5.97. The molecule has 1 saturated carbocycles. The maximum absolute atomic E-state index is 14.5. The van der Waals surface area contributed by atoms with Crippen molar-refractivity contribution >= 4 is 17.1 Å². The Morgan fingerprint density at radius 1 is 0.909 bits per heavy atom. The number of rotatable bonds is 5. The second kappa shape index (κ2) is 7.51. The second-order valence-electron chi connectivity index (χ2n) is 8.33. The van der Waals surface area contributed by atoms with Crippen LogP contribution in [0.4, 0.5) is 14.7 Å². The molecule has 0 unspecified atom stereocenters. The van der Waals surface area contributed by atoms with Gasteiger partial charge < -0.3 is 10.7 Å². The van der Waals surface area contributed by atoms with Gasteiger partial charge in [-0.25, -0.2) is 23.7 Å². The maximum Gasteiger partial charge on any atom is 0.202 e. The zero-order valence-electron chi connectivity index (χ0n) is 17.6. The maximum atomic E-state index is 14.5. The summed E-state index contributed by atoms with van der Waals surface area (Å²) < 4.78 is 31.0. The number of aromatic nitrogens is 5. The number of benzene rings is 2. The Balaban J connectivity index is 1.55. The highest BCUT2D eigenvalue weighted by atomic mass is 19.1. The SMILES string of the molecule is Nc1nc2ccc(-c3[nH]c(-c4c(F)cccc4F)nc3-c3ccccc3)nc2n1CC1CC1. The van der Waals surface area contributed by atoms with E-state index in [1.807, 2.05) is 47.0 Å². The van der Waals surface area contributed by atoms with Crippen molar-refractivity contribution < 1.29 is 8.78 Å². The van der Waals surface area contributed by atoms with Crippen LogP contribution >= 0.6 is 0 Å². The van der Waals surface area contributed by atoms with Gasteiger partial charge in [0.15, 0.2) is 5.65 Å². The molecule has 0 aliphatic heterocycles. The van der Waals surface area contributed by atoms with Crippen LogP contribution in [0.1, 0.15) is 12.8 Å². The third kappa shape index (κ3) is 3.44. The van der Waals surface area contributed by atoms with Crippen molar-refractivity contribution in [2.24, 2.45) is 5.92 Å². The predicted molar refractivity (Wildman–Crippen MR) is 123 cm³/mol. The summed E-state index contributed by atoms with van der Waals surface area (Å²) in [7, 11) is 0. The Bertz CT molecular complexity index is 1460. The largest absolute Gasteiger partial charge is 0.369 e. The molecule has 0 atom stereocenters. The number of halogens is 2. The van der Waals surface area contributed by atoms with Gasteiger partial charge in [-0.1, -0.05) is 36.4 Å². The number of hydrogen-bond donors (Lipinski definition) is 2. The summed E-state index contributed by atoms with van der Waals surface area (Å²) in [4.78, 5) is 17.0. The summed E-state index contributed by atoms with van der Waals surface area (Å²) in [6.07, 6.45) is 2.35. The minimum atomic E-state index is -0.686. The predicted octanol–water partition coefficient (Wildman–Crippen LogP) is 5.43. The van der Waals surface area contributed by atoms with Crippen molar-refractivity contribution in [1.82, 2.24) is 24.5 Å². The van der Waals surface area contributed by atoms with Gasteiger partial charge >= 0.3 is 0 Å². The van der Waals surface area contributed by atoms with Gasteiger partial charge in [-0.05, 0) is 43.0 Å². The molecule has 3 N–H and O–H groups in total. The zero-order chi connectivity index (χ0) is 22.5. The van der Waals surface area contributed by atoms with Crippen LogP contribution < -0.4 is 5.73 Å². The van der Waals surface area contributed by atoms with Gasteiger partial charge in [0.2, 0.25) is 5.95 Å². The van der Waals surface area contributed by atoms with Crippen molar-refractivity contribution in [2.45, 2.75) is 19.4 Å². The molecule has 3 aromatic heterocycles. The zero-order valence-corrected chi connectivity index (χ0v) is 17.6. The third-order valence-electron chi connectivity index (χ3n) is 5.97. The van der Waals surface area contributed by atoms with Gasteiger partial charge in [-0.15, -0.1) is 0 Å². The summed E-state index contributed by atoms with van der Waals surface area (Å²) in [5.74, 6) is -0.240. The van der Waals surface area contributed by atoms with E-state index >= 15 is 0 Å². The van der Waals surface area contributed by atoms with E-state index in [0.29, 0.717) is 40.1 Å². The summed E-state index contributed by atoms with van der Waals surface area (Å²) in [5.41, 5.74) is 9.87. The molecular weight excluding hydrogens is 422 g/mol. The first kappa shape index (κ1) is 19.6. The van der Waals surface area contributed by atoms with Crippen LogP contribution in [0, 0.1) is 17.6 Å². The molecule has 0 saturated heterocycles. The fourth-order valence-corrected chi connectivity index (χ4v) is 4.10. The minimum Gasteiger partial charge on any atom is -0.369 e. The van der Waals surface area contributed by atoms with Gasteiger partial charge in [0.25, 0.3) is 0 Å². The first-order chi connectivity index (χ1) is 16.1. The molecule has 0 amide bonds. The van der Waals surface area contributed by atoms with Crippen LogP contribution in [-0.2, 0) is 6.54 Å². The number of hydrogen-bond acceptors (Lipinski definition) is 4. The average Bonchev–Trinajstić information content (AvgIpc) is 3.45. The Hall–Kier alpha value is -4.07. The number of nitrogens with zero attached hydrogens (tertiary/aromatic N) is 4. The Labute approximate surface area is 188 Å². The molecule has 0 spiro atoms. The van der Waals surface area contributed by atoms with Crippen LogP contribution in [0.2, 0.25) is 0 Å². The van der Waals surface area contributed by atoms with E-state index in [1.165, 1.54) is 31.0 Å². The number of pyridine rings is 1. The topological polar surface area (TPSA) is 85.4 Å². The Morgan fingerprint density at radius 2 is 1.67 bits per heavy atom. The number of nitrogen functional groups attached to an aromatic ring is 1. The van der Waals surface area contributed by atoms with E-state index in [0.717, 1.165) is 12.1 Å². The lowest BCUT2D eigenvalue weighted by molar-refractivity contribution is 0.588. The number of aromatic amines is 1. The first-order valence-electron chi connectivity index (χ1n) is 10.8. The molecule has 5 aromatic rings. The molecule has 2 aromatic carbocycles. The molecule has 33 heavy (non-hydrogen) atoms. The normalized spacial score (nSPS) is 13.6. The van der Waals surface area contributed by atoms with E-state index in [2.05, 4.69) is 15.0 Å². The Kier molecular flexibility index (Phi) is 4.46. The summed E-state index contributed by atoms with van der Waals surface area (Å²) in [6, 6.07) is 16.9. The van der Waals surface area contributed by atoms with Gasteiger partial charge in [-0.2, -0.15) is 0 Å². The molecule has 0 radical (unpaired) electrons.